The number of aryl methyl sites for hydroxylation is 1. The first kappa shape index (κ1) is 20.8. The van der Waals surface area contributed by atoms with E-state index in [1.54, 1.807) is 18.3 Å². The lowest BCUT2D eigenvalue weighted by molar-refractivity contribution is 0.122. The number of imidazole rings is 1. The monoisotopic (exact) mass is 448 g/mol. The van der Waals surface area contributed by atoms with Gasteiger partial charge in [0.2, 0.25) is 5.90 Å². The van der Waals surface area contributed by atoms with Crippen LogP contribution in [0.4, 0.5) is 14.9 Å². The number of nitrogens with one attached hydrogen (secondary N) is 1. The lowest BCUT2D eigenvalue weighted by Crippen LogP contribution is -2.36. The molecule has 4 aromatic rings. The number of fused-ring (bicyclic) bond motifs is 2. The maximum absolute atomic E-state index is 13.8. The Balaban J connectivity index is 1.78. The Morgan fingerprint density at radius 1 is 1.21 bits per heavy atom. The van der Waals surface area contributed by atoms with E-state index in [2.05, 4.69) is 14.9 Å². The number of ether oxygens (including phenoxy) is 2. The summed E-state index contributed by atoms with van der Waals surface area (Å²) in [4.78, 5) is 22.4. The summed E-state index contributed by atoms with van der Waals surface area (Å²) in [5.41, 5.74) is 8.83. The molecule has 3 N–H and O–H groups in total. The smallest absolute Gasteiger partial charge is 0.391 e. The molecule has 0 aliphatic carbocycles. The summed E-state index contributed by atoms with van der Waals surface area (Å²) >= 11 is 0. The Kier molecular flexibility index (Phi) is 5.14. The third-order valence-corrected chi connectivity index (χ3v) is 5.66. The van der Waals surface area contributed by atoms with E-state index in [1.165, 1.54) is 12.1 Å². The minimum absolute atomic E-state index is 0.346. The van der Waals surface area contributed by atoms with Crippen molar-refractivity contribution in [2.24, 2.45) is 5.73 Å². The summed E-state index contributed by atoms with van der Waals surface area (Å²) < 4.78 is 26.1. The van der Waals surface area contributed by atoms with E-state index in [-0.39, 0.29) is 11.7 Å². The minimum atomic E-state index is -1.07. The number of halogens is 1. The minimum Gasteiger partial charge on any atom is -0.391 e. The maximum Gasteiger partial charge on any atom is 0.411 e. The number of amides is 1. The molecule has 2 aromatic heterocycles. The first-order chi connectivity index (χ1) is 15.9. The Morgan fingerprint density at radius 3 is 2.76 bits per heavy atom. The first-order valence-electron chi connectivity index (χ1n) is 10.4. The van der Waals surface area contributed by atoms with Crippen molar-refractivity contribution in [3.8, 4) is 5.69 Å². The average molecular weight is 448 g/mol. The number of benzene rings is 2. The molecular formula is C23H21FN6O3. The van der Waals surface area contributed by atoms with E-state index in [0.29, 0.717) is 54.2 Å². The Morgan fingerprint density at radius 2 is 2.00 bits per heavy atom. The molecule has 168 valence electrons. The number of primary amides is 1. The van der Waals surface area contributed by atoms with Gasteiger partial charge in [-0.15, -0.1) is 0 Å². The van der Waals surface area contributed by atoms with Crippen LogP contribution < -0.4 is 10.6 Å². The van der Waals surface area contributed by atoms with E-state index in [0.717, 1.165) is 16.8 Å². The van der Waals surface area contributed by atoms with Gasteiger partial charge < -0.3 is 20.1 Å². The van der Waals surface area contributed by atoms with Crippen molar-refractivity contribution in [2.45, 2.75) is 6.92 Å². The van der Waals surface area contributed by atoms with Gasteiger partial charge in [-0.1, -0.05) is 0 Å². The van der Waals surface area contributed by atoms with Crippen LogP contribution in [0, 0.1) is 18.2 Å². The van der Waals surface area contributed by atoms with Crippen LogP contribution in [0.1, 0.15) is 11.4 Å². The molecule has 0 unspecified atom stereocenters. The highest BCUT2D eigenvalue weighted by molar-refractivity contribution is 6.08. The fourth-order valence-electron chi connectivity index (χ4n) is 4.22. The number of hydrogen-bond donors (Lipinski definition) is 2. The third-order valence-electron chi connectivity index (χ3n) is 5.66. The van der Waals surface area contributed by atoms with Crippen LogP contribution in [-0.2, 0) is 9.47 Å². The summed E-state index contributed by atoms with van der Waals surface area (Å²) in [7, 11) is 0. The van der Waals surface area contributed by atoms with Crippen LogP contribution in [0.3, 0.4) is 0 Å². The largest absolute Gasteiger partial charge is 0.411 e. The van der Waals surface area contributed by atoms with Crippen molar-refractivity contribution in [3.05, 3.63) is 59.8 Å². The predicted octanol–water partition coefficient (Wildman–Crippen LogP) is 3.28. The summed E-state index contributed by atoms with van der Waals surface area (Å²) in [5, 5.41) is 9.08. The topological polar surface area (TPSA) is 119 Å². The number of morpholine rings is 1. The van der Waals surface area contributed by atoms with Crippen molar-refractivity contribution >= 4 is 39.6 Å². The Hall–Kier alpha value is -4.05. The highest BCUT2D eigenvalue weighted by Gasteiger charge is 2.22. The maximum atomic E-state index is 13.8. The second-order valence-electron chi connectivity index (χ2n) is 7.70. The molecule has 33 heavy (non-hydrogen) atoms. The predicted molar refractivity (Wildman–Crippen MR) is 122 cm³/mol. The second kappa shape index (κ2) is 8.14. The van der Waals surface area contributed by atoms with Gasteiger partial charge in [0.15, 0.2) is 0 Å². The quantitative estimate of drug-likeness (QED) is 0.367. The molecule has 0 saturated carbocycles. The highest BCUT2D eigenvalue weighted by Crippen LogP contribution is 2.32. The van der Waals surface area contributed by atoms with Gasteiger partial charge in [0, 0.05) is 36.4 Å². The summed E-state index contributed by atoms with van der Waals surface area (Å²) in [6.45, 7) is 4.37. The summed E-state index contributed by atoms with van der Waals surface area (Å²) in [5.74, 6) is -0.101. The molecule has 3 heterocycles. The fourth-order valence-corrected chi connectivity index (χ4v) is 4.22. The molecule has 1 aliphatic rings. The van der Waals surface area contributed by atoms with E-state index < -0.39 is 6.09 Å². The third kappa shape index (κ3) is 3.74. The van der Waals surface area contributed by atoms with Gasteiger partial charge in [0.05, 0.1) is 35.5 Å². The number of hydrogen-bond acceptors (Lipinski definition) is 7. The molecule has 10 heteroatoms. The van der Waals surface area contributed by atoms with Crippen LogP contribution in [-0.4, -0.2) is 52.8 Å². The number of carbonyl (C=O) groups excluding carboxylic acids is 1. The van der Waals surface area contributed by atoms with Gasteiger partial charge in [0.1, 0.15) is 17.2 Å². The number of nitrogens with zero attached hydrogens (tertiary/aromatic N) is 4. The average Bonchev–Trinajstić information content (AvgIpc) is 3.13. The molecule has 9 nitrogen and oxygen atoms in total. The zero-order valence-electron chi connectivity index (χ0n) is 17.8. The van der Waals surface area contributed by atoms with Gasteiger partial charge in [-0.05, 0) is 37.3 Å². The zero-order chi connectivity index (χ0) is 23.1. The van der Waals surface area contributed by atoms with E-state index >= 15 is 0 Å². The van der Waals surface area contributed by atoms with E-state index in [9.17, 15) is 9.18 Å². The van der Waals surface area contributed by atoms with Gasteiger partial charge >= 0.3 is 6.09 Å². The molecule has 0 atom stereocenters. The van der Waals surface area contributed by atoms with Gasteiger partial charge in [-0.3, -0.25) is 15.0 Å². The lowest BCUT2D eigenvalue weighted by atomic mass is 10.1. The zero-order valence-corrected chi connectivity index (χ0v) is 17.8. The Labute approximate surface area is 188 Å². The molecule has 1 aliphatic heterocycles. The van der Waals surface area contributed by atoms with Crippen LogP contribution in [0.5, 0.6) is 0 Å². The molecule has 1 amide bonds. The molecule has 0 bridgehead atoms. The van der Waals surface area contributed by atoms with Crippen LogP contribution in [0.25, 0.3) is 27.6 Å². The Bertz CT molecular complexity index is 1410. The molecule has 1 fully saturated rings. The van der Waals surface area contributed by atoms with Crippen LogP contribution in [0.2, 0.25) is 0 Å². The van der Waals surface area contributed by atoms with Gasteiger partial charge in [-0.25, -0.2) is 14.2 Å². The lowest BCUT2D eigenvalue weighted by Gasteiger charge is -2.29. The molecule has 1 saturated heterocycles. The molecule has 0 radical (unpaired) electrons. The van der Waals surface area contributed by atoms with E-state index in [1.807, 2.05) is 23.6 Å². The number of rotatable bonds is 3. The standard InChI is InChI=1S/C23H21FN6O3/c1-13-28-21-17(22(25)33-23(26)31)11-15(29-6-8-32-9-7-29)12-20(21)30(13)19-4-5-27-18-10-14(24)2-3-16(18)19/h2-5,10-12,25H,6-9H2,1H3,(H2,26,31). The number of nitrogens with two attached hydrogens (primary N) is 1. The number of aromatic nitrogens is 3. The first-order valence-corrected chi connectivity index (χ1v) is 10.4. The van der Waals surface area contributed by atoms with E-state index in [4.69, 9.17) is 20.6 Å². The van der Waals surface area contributed by atoms with Crippen LogP contribution >= 0.6 is 0 Å². The van der Waals surface area contributed by atoms with Crippen molar-refractivity contribution in [2.75, 3.05) is 31.2 Å². The number of pyridine rings is 1. The molecular weight excluding hydrogens is 427 g/mol. The van der Waals surface area contributed by atoms with Gasteiger partial charge in [-0.2, -0.15) is 0 Å². The molecule has 5 rings (SSSR count). The highest BCUT2D eigenvalue weighted by atomic mass is 19.1. The summed E-state index contributed by atoms with van der Waals surface area (Å²) in [6, 6.07) is 10.0. The molecule has 2 aromatic carbocycles. The number of anilines is 1. The van der Waals surface area contributed by atoms with Crippen molar-refractivity contribution in [1.29, 1.82) is 5.41 Å². The van der Waals surface area contributed by atoms with Crippen LogP contribution in [0.15, 0.2) is 42.6 Å². The van der Waals surface area contributed by atoms with Crippen molar-refractivity contribution in [1.82, 2.24) is 14.5 Å². The summed E-state index contributed by atoms with van der Waals surface area (Å²) in [6.07, 6.45) is 0.552. The van der Waals surface area contributed by atoms with Gasteiger partial charge in [0.25, 0.3) is 0 Å². The normalized spacial score (nSPS) is 14.1. The number of carbonyl (C=O) groups is 1. The fraction of sp³-hybridized carbons (Fsp3) is 0.217. The van der Waals surface area contributed by atoms with Crippen molar-refractivity contribution in [3.63, 3.8) is 0 Å². The molecule has 0 spiro atoms. The SMILES string of the molecule is Cc1nc2c(C(=N)OC(N)=O)cc(N3CCOCC3)cc2n1-c1ccnc2cc(F)ccc12. The van der Waals surface area contributed by atoms with Crippen molar-refractivity contribution < 1.29 is 18.7 Å². The second-order valence-corrected chi connectivity index (χ2v) is 7.70.